The first-order valence-corrected chi connectivity index (χ1v) is 9.29. The van der Waals surface area contributed by atoms with E-state index in [-0.39, 0.29) is 50.8 Å². The fourth-order valence-electron chi connectivity index (χ4n) is 2.69. The Bertz CT molecular complexity index is 1160. The molecule has 160 valence electrons. The van der Waals surface area contributed by atoms with Crippen molar-refractivity contribution < 1.29 is 24.0 Å². The van der Waals surface area contributed by atoms with E-state index in [4.69, 9.17) is 10.5 Å². The number of anilines is 1. The second kappa shape index (κ2) is 8.79. The lowest BCUT2D eigenvalue weighted by Gasteiger charge is -2.19. The maximum absolute atomic E-state index is 12.2. The molecule has 0 bridgehead atoms. The van der Waals surface area contributed by atoms with Crippen LogP contribution in [0.2, 0.25) is 0 Å². The number of esters is 1. The topological polar surface area (TPSA) is 130 Å². The van der Waals surface area contributed by atoms with Crippen molar-refractivity contribution in [3.05, 3.63) is 68.3 Å². The zero-order valence-corrected chi connectivity index (χ0v) is 17.9. The summed E-state index contributed by atoms with van der Waals surface area (Å²) in [5, 5.41) is 11.5. The first-order chi connectivity index (χ1) is 14.3. The van der Waals surface area contributed by atoms with E-state index in [9.17, 15) is 24.5 Å². The molecule has 2 aromatic rings. The van der Waals surface area contributed by atoms with Gasteiger partial charge < -0.3 is 10.5 Å². The average molecular weight is 422 g/mol. The van der Waals surface area contributed by atoms with Gasteiger partial charge in [0.2, 0.25) is 0 Å². The lowest BCUT2D eigenvalue weighted by molar-refractivity contribution is -0.385. The smallest absolute Gasteiger partial charge is 0.338 e. The second-order valence-electron chi connectivity index (χ2n) is 7.84. The van der Waals surface area contributed by atoms with E-state index in [1.807, 2.05) is 0 Å². The molecule has 0 atom stereocenters. The molecule has 0 aliphatic rings. The molecule has 2 N–H and O–H groups in total. The molecule has 0 aliphatic carbocycles. The van der Waals surface area contributed by atoms with E-state index in [1.54, 1.807) is 20.8 Å². The maximum Gasteiger partial charge on any atom is 0.338 e. The number of carbonyl (C=O) groups excluding carboxylic acids is 3. The lowest BCUT2D eigenvalue weighted by Crippen LogP contribution is -2.23. The minimum Gasteiger partial charge on any atom is -0.456 e. The summed E-state index contributed by atoms with van der Waals surface area (Å²) in [5.41, 5.74) is 5.67. The molecular weight excluding hydrogens is 400 g/mol. The van der Waals surface area contributed by atoms with E-state index >= 15 is 0 Å². The van der Waals surface area contributed by atoms with E-state index < -0.39 is 16.5 Å². The highest BCUT2D eigenvalue weighted by molar-refractivity contribution is 6.08. The SMILES string of the molecule is CC(=O)c1cc(N)c(C#Cc2ccc(C(=O)OC(C)(C)C)cc2[N+](=O)[O-])cc1C(C)=O. The van der Waals surface area contributed by atoms with E-state index in [0.29, 0.717) is 0 Å². The highest BCUT2D eigenvalue weighted by Gasteiger charge is 2.22. The molecule has 0 radical (unpaired) electrons. The van der Waals surface area contributed by atoms with Crippen LogP contribution in [0.4, 0.5) is 11.4 Å². The fourth-order valence-corrected chi connectivity index (χ4v) is 2.69. The molecule has 2 aromatic carbocycles. The zero-order valence-electron chi connectivity index (χ0n) is 17.9. The molecule has 0 aromatic heterocycles. The lowest BCUT2D eigenvalue weighted by atomic mass is 9.97. The van der Waals surface area contributed by atoms with Crippen molar-refractivity contribution in [2.75, 3.05) is 5.73 Å². The molecule has 8 heteroatoms. The number of nitrogens with zero attached hydrogens (tertiary/aromatic N) is 1. The van der Waals surface area contributed by atoms with Gasteiger partial charge in [0.15, 0.2) is 11.6 Å². The number of Topliss-reactive ketones (excluding diaryl/α,β-unsaturated/α-hetero) is 2. The number of nitrogen functional groups attached to an aromatic ring is 1. The van der Waals surface area contributed by atoms with Gasteiger partial charge in [0.25, 0.3) is 5.69 Å². The van der Waals surface area contributed by atoms with E-state index in [1.165, 1.54) is 38.1 Å². The maximum atomic E-state index is 12.2. The Hall–Kier alpha value is -3.99. The minimum absolute atomic E-state index is 0.0244. The quantitative estimate of drug-likeness (QED) is 0.197. The summed E-state index contributed by atoms with van der Waals surface area (Å²) < 4.78 is 5.24. The number of ether oxygens (including phenoxy) is 1. The van der Waals surface area contributed by atoms with Crippen LogP contribution in [-0.2, 0) is 4.74 Å². The predicted octanol–water partition coefficient (Wildman–Crippen LogP) is 3.94. The molecule has 31 heavy (non-hydrogen) atoms. The van der Waals surface area contributed by atoms with Crippen LogP contribution < -0.4 is 5.73 Å². The number of hydrogen-bond donors (Lipinski definition) is 1. The van der Waals surface area contributed by atoms with Gasteiger partial charge in [0.05, 0.1) is 10.5 Å². The van der Waals surface area contributed by atoms with Gasteiger partial charge in [0, 0.05) is 28.4 Å². The molecule has 0 heterocycles. The summed E-state index contributed by atoms with van der Waals surface area (Å²) in [7, 11) is 0. The van der Waals surface area contributed by atoms with Crippen LogP contribution in [0, 0.1) is 22.0 Å². The molecule has 0 fully saturated rings. The van der Waals surface area contributed by atoms with Gasteiger partial charge in [-0.3, -0.25) is 19.7 Å². The molecule has 0 spiro atoms. The first-order valence-electron chi connectivity index (χ1n) is 9.29. The van der Waals surface area contributed by atoms with Crippen LogP contribution in [0.3, 0.4) is 0 Å². The minimum atomic E-state index is -0.748. The third-order valence-electron chi connectivity index (χ3n) is 4.11. The number of nitro groups is 1. The van der Waals surface area contributed by atoms with Gasteiger partial charge in [0.1, 0.15) is 11.2 Å². The predicted molar refractivity (Wildman–Crippen MR) is 115 cm³/mol. The summed E-state index contributed by atoms with van der Waals surface area (Å²) in [5.74, 6) is 4.04. The first kappa shape index (κ1) is 23.3. The zero-order chi connectivity index (χ0) is 23.5. The van der Waals surface area contributed by atoms with Gasteiger partial charge >= 0.3 is 5.97 Å². The fraction of sp³-hybridized carbons (Fsp3) is 0.261. The largest absolute Gasteiger partial charge is 0.456 e. The standard InChI is InChI=1S/C23H22N2O6/c1-13(26)18-10-16(20(24)12-19(18)14(2)27)8-6-15-7-9-17(11-21(15)25(29)30)22(28)31-23(3,4)5/h7,9-12H,24H2,1-5H3. The van der Waals surface area contributed by atoms with Crippen molar-refractivity contribution in [3.63, 3.8) is 0 Å². The number of rotatable bonds is 4. The molecule has 0 amide bonds. The van der Waals surface area contributed by atoms with Crippen LogP contribution in [0.5, 0.6) is 0 Å². The van der Waals surface area contributed by atoms with Crippen molar-refractivity contribution in [3.8, 4) is 11.8 Å². The molecule has 0 unspecified atom stereocenters. The number of hydrogen-bond acceptors (Lipinski definition) is 7. The Labute approximate surface area is 179 Å². The number of carbonyl (C=O) groups is 3. The third kappa shape index (κ3) is 5.76. The number of ketones is 2. The summed E-state index contributed by atoms with van der Waals surface area (Å²) in [6.07, 6.45) is 0. The van der Waals surface area contributed by atoms with Crippen LogP contribution in [0.25, 0.3) is 0 Å². The Morgan fingerprint density at radius 2 is 1.52 bits per heavy atom. The molecule has 0 aliphatic heterocycles. The normalized spacial score (nSPS) is 10.6. The molecule has 2 rings (SSSR count). The van der Waals surface area contributed by atoms with Gasteiger partial charge in [-0.25, -0.2) is 4.79 Å². The Kier molecular flexibility index (Phi) is 6.61. The monoisotopic (exact) mass is 422 g/mol. The highest BCUT2D eigenvalue weighted by Crippen LogP contribution is 2.23. The third-order valence-corrected chi connectivity index (χ3v) is 4.11. The summed E-state index contributed by atoms with van der Waals surface area (Å²) in [6.45, 7) is 7.71. The summed E-state index contributed by atoms with van der Waals surface area (Å²) in [4.78, 5) is 46.7. The molecule has 0 saturated carbocycles. The van der Waals surface area contributed by atoms with Gasteiger partial charge in [-0.1, -0.05) is 11.8 Å². The highest BCUT2D eigenvalue weighted by atomic mass is 16.6. The van der Waals surface area contributed by atoms with Crippen molar-refractivity contribution in [1.82, 2.24) is 0 Å². The van der Waals surface area contributed by atoms with Crippen molar-refractivity contribution in [2.45, 2.75) is 40.2 Å². The molecule has 0 saturated heterocycles. The van der Waals surface area contributed by atoms with E-state index in [2.05, 4.69) is 11.8 Å². The number of benzene rings is 2. The molecule has 8 nitrogen and oxygen atoms in total. The van der Waals surface area contributed by atoms with E-state index in [0.717, 1.165) is 6.07 Å². The van der Waals surface area contributed by atoms with Gasteiger partial charge in [-0.15, -0.1) is 0 Å². The molecular formula is C23H22N2O6. The van der Waals surface area contributed by atoms with Crippen molar-refractivity contribution in [1.29, 1.82) is 0 Å². The van der Waals surface area contributed by atoms with Gasteiger partial charge in [-0.05, 0) is 58.9 Å². The van der Waals surface area contributed by atoms with Crippen molar-refractivity contribution in [2.24, 2.45) is 0 Å². The van der Waals surface area contributed by atoms with Gasteiger partial charge in [-0.2, -0.15) is 0 Å². The Balaban J connectivity index is 2.52. The van der Waals surface area contributed by atoms with Crippen LogP contribution >= 0.6 is 0 Å². The summed E-state index contributed by atoms with van der Waals surface area (Å²) >= 11 is 0. The number of nitrogens with two attached hydrogens (primary N) is 1. The van der Waals surface area contributed by atoms with Crippen molar-refractivity contribution >= 4 is 28.9 Å². The van der Waals surface area contributed by atoms with Crippen LogP contribution in [0.15, 0.2) is 30.3 Å². The second-order valence-corrected chi connectivity index (χ2v) is 7.84. The van der Waals surface area contributed by atoms with Crippen LogP contribution in [-0.4, -0.2) is 28.1 Å². The Morgan fingerprint density at radius 1 is 0.968 bits per heavy atom. The number of nitro benzene ring substituents is 1. The van der Waals surface area contributed by atoms with Crippen LogP contribution in [0.1, 0.15) is 76.8 Å². The Morgan fingerprint density at radius 3 is 2.03 bits per heavy atom. The summed E-state index contributed by atoms with van der Waals surface area (Å²) in [6, 6.07) is 6.58. The average Bonchev–Trinajstić information content (AvgIpc) is 2.64.